The number of thioether (sulfide) groups is 1. The minimum absolute atomic E-state index is 0.0519. The van der Waals surface area contributed by atoms with Crippen molar-refractivity contribution >= 4 is 22.8 Å². The zero-order valence-corrected chi connectivity index (χ0v) is 15.5. The minimum atomic E-state index is -0.0519. The molecule has 130 valence electrons. The van der Waals surface area contributed by atoms with E-state index in [1.807, 2.05) is 36.5 Å². The van der Waals surface area contributed by atoms with Crippen LogP contribution in [0.4, 0.5) is 0 Å². The van der Waals surface area contributed by atoms with E-state index in [-0.39, 0.29) is 5.56 Å². The number of fused-ring (bicyclic) bond motifs is 1. The van der Waals surface area contributed by atoms with Gasteiger partial charge in [-0.3, -0.25) is 9.36 Å². The van der Waals surface area contributed by atoms with Crippen molar-refractivity contribution < 1.29 is 0 Å². The molecule has 0 unspecified atom stereocenters. The van der Waals surface area contributed by atoms with E-state index in [2.05, 4.69) is 36.2 Å². The zero-order chi connectivity index (χ0) is 18.1. The van der Waals surface area contributed by atoms with Crippen LogP contribution in [0.25, 0.3) is 22.2 Å². The molecule has 5 heteroatoms. The van der Waals surface area contributed by atoms with Crippen molar-refractivity contribution in [3.63, 3.8) is 0 Å². The van der Waals surface area contributed by atoms with Gasteiger partial charge in [-0.1, -0.05) is 71.9 Å². The van der Waals surface area contributed by atoms with Gasteiger partial charge in [-0.15, -0.1) is 0 Å². The molecule has 0 saturated heterocycles. The Morgan fingerprint density at radius 3 is 2.69 bits per heavy atom. The van der Waals surface area contributed by atoms with E-state index >= 15 is 0 Å². The number of benzene rings is 2. The summed E-state index contributed by atoms with van der Waals surface area (Å²) in [5.41, 5.74) is 5.69. The summed E-state index contributed by atoms with van der Waals surface area (Å²) in [5.74, 6) is 0.776. The van der Waals surface area contributed by atoms with Gasteiger partial charge in [0.05, 0.1) is 0 Å². The molecule has 0 fully saturated rings. The normalized spacial score (nSPS) is 11.2. The summed E-state index contributed by atoms with van der Waals surface area (Å²) in [6, 6.07) is 18.4. The Balaban J connectivity index is 1.75. The van der Waals surface area contributed by atoms with Crippen molar-refractivity contribution in [1.29, 1.82) is 0 Å². The Bertz CT molecular complexity index is 1130. The fraction of sp³-hybridized carbons (Fsp3) is 0.143. The molecule has 26 heavy (non-hydrogen) atoms. The first-order valence-electron chi connectivity index (χ1n) is 8.45. The number of rotatable bonds is 4. The Hall–Kier alpha value is -2.79. The third-order valence-corrected chi connectivity index (χ3v) is 5.50. The van der Waals surface area contributed by atoms with E-state index in [1.54, 1.807) is 23.4 Å². The molecule has 2 aromatic carbocycles. The van der Waals surface area contributed by atoms with Gasteiger partial charge in [0.2, 0.25) is 0 Å². The van der Waals surface area contributed by atoms with E-state index < -0.39 is 0 Å². The average Bonchev–Trinajstić information content (AvgIpc) is 3.08. The Morgan fingerprint density at radius 2 is 1.92 bits per heavy atom. The van der Waals surface area contributed by atoms with E-state index in [4.69, 9.17) is 4.98 Å². The van der Waals surface area contributed by atoms with Crippen LogP contribution in [0.2, 0.25) is 0 Å². The lowest BCUT2D eigenvalue weighted by Gasteiger charge is -2.08. The van der Waals surface area contributed by atoms with Gasteiger partial charge >= 0.3 is 0 Å². The maximum Gasteiger partial charge on any atom is 0.278 e. The van der Waals surface area contributed by atoms with E-state index in [9.17, 15) is 4.79 Å². The maximum atomic E-state index is 12.7. The molecular weight excluding hydrogens is 342 g/mol. The highest BCUT2D eigenvalue weighted by atomic mass is 32.2. The van der Waals surface area contributed by atoms with Crippen molar-refractivity contribution in [3.05, 3.63) is 82.3 Å². The highest BCUT2D eigenvalue weighted by Crippen LogP contribution is 2.28. The fourth-order valence-electron chi connectivity index (χ4n) is 3.04. The maximum absolute atomic E-state index is 12.7. The molecule has 0 radical (unpaired) electrons. The standard InChI is InChI=1S/C21H19N3OS/c1-14-7-6-8-15(11-14)13-26-21-23-18-17(16-9-4-3-5-10-16)12-22-19(18)20(25)24(21)2/h3-12,22H,13H2,1-2H3. The van der Waals surface area contributed by atoms with Gasteiger partial charge in [0, 0.05) is 24.6 Å². The molecule has 2 aromatic heterocycles. The first-order valence-corrected chi connectivity index (χ1v) is 9.44. The van der Waals surface area contributed by atoms with Crippen LogP contribution in [-0.2, 0) is 12.8 Å². The first kappa shape index (κ1) is 16.7. The molecule has 4 nitrogen and oxygen atoms in total. The summed E-state index contributed by atoms with van der Waals surface area (Å²) in [5, 5.41) is 0.723. The average molecular weight is 361 g/mol. The lowest BCUT2D eigenvalue weighted by Crippen LogP contribution is -2.20. The molecule has 0 aliphatic carbocycles. The predicted octanol–water partition coefficient (Wildman–Crippen LogP) is 4.53. The van der Waals surface area contributed by atoms with Crippen LogP contribution in [0, 0.1) is 6.92 Å². The molecule has 4 aromatic rings. The molecule has 0 aliphatic heterocycles. The molecule has 0 bridgehead atoms. The van der Waals surface area contributed by atoms with Crippen LogP contribution < -0.4 is 5.56 Å². The topological polar surface area (TPSA) is 50.7 Å². The Labute approximate surface area is 155 Å². The SMILES string of the molecule is Cc1cccc(CSc2nc3c(-c4ccccc4)c[nH]c3c(=O)n2C)c1. The number of aromatic amines is 1. The highest BCUT2D eigenvalue weighted by Gasteiger charge is 2.15. The molecule has 1 N–H and O–H groups in total. The van der Waals surface area contributed by atoms with E-state index in [1.165, 1.54) is 11.1 Å². The van der Waals surface area contributed by atoms with Crippen LogP contribution in [0.1, 0.15) is 11.1 Å². The van der Waals surface area contributed by atoms with Crippen LogP contribution in [0.5, 0.6) is 0 Å². The second-order valence-corrected chi connectivity index (χ2v) is 7.27. The smallest absolute Gasteiger partial charge is 0.278 e. The summed E-state index contributed by atoms with van der Waals surface area (Å²) in [6.07, 6.45) is 1.86. The second-order valence-electron chi connectivity index (χ2n) is 6.33. The third kappa shape index (κ3) is 3.06. The van der Waals surface area contributed by atoms with E-state index in [0.717, 1.165) is 27.6 Å². The molecule has 4 rings (SSSR count). The second kappa shape index (κ2) is 6.84. The monoisotopic (exact) mass is 361 g/mol. The van der Waals surface area contributed by atoms with Crippen LogP contribution >= 0.6 is 11.8 Å². The lowest BCUT2D eigenvalue weighted by atomic mass is 10.1. The number of hydrogen-bond acceptors (Lipinski definition) is 3. The Morgan fingerprint density at radius 1 is 1.12 bits per heavy atom. The molecule has 0 atom stereocenters. The van der Waals surface area contributed by atoms with Crippen LogP contribution in [0.3, 0.4) is 0 Å². The van der Waals surface area contributed by atoms with Gasteiger partial charge in [0.1, 0.15) is 11.0 Å². The number of aryl methyl sites for hydroxylation is 1. The molecule has 0 aliphatic rings. The molecule has 0 saturated carbocycles. The van der Waals surface area contributed by atoms with Crippen LogP contribution in [0.15, 0.2) is 70.7 Å². The van der Waals surface area contributed by atoms with Crippen LogP contribution in [-0.4, -0.2) is 14.5 Å². The molecule has 0 amide bonds. The van der Waals surface area contributed by atoms with Crippen molar-refractivity contribution in [2.24, 2.45) is 7.05 Å². The zero-order valence-electron chi connectivity index (χ0n) is 14.7. The van der Waals surface area contributed by atoms with Crippen molar-refractivity contribution in [1.82, 2.24) is 14.5 Å². The van der Waals surface area contributed by atoms with Gasteiger partial charge in [-0.05, 0) is 18.1 Å². The van der Waals surface area contributed by atoms with Gasteiger partial charge in [0.15, 0.2) is 5.16 Å². The number of nitrogens with one attached hydrogen (secondary N) is 1. The van der Waals surface area contributed by atoms with Gasteiger partial charge < -0.3 is 4.98 Å². The predicted molar refractivity (Wildman–Crippen MR) is 108 cm³/mol. The van der Waals surface area contributed by atoms with Crippen molar-refractivity contribution in [3.8, 4) is 11.1 Å². The van der Waals surface area contributed by atoms with Crippen molar-refractivity contribution in [2.45, 2.75) is 17.8 Å². The first-order chi connectivity index (χ1) is 12.6. The fourth-order valence-corrected chi connectivity index (χ4v) is 3.94. The minimum Gasteiger partial charge on any atom is -0.355 e. The summed E-state index contributed by atoms with van der Waals surface area (Å²) in [4.78, 5) is 20.6. The largest absolute Gasteiger partial charge is 0.355 e. The number of hydrogen-bond donors (Lipinski definition) is 1. The Kier molecular flexibility index (Phi) is 4.39. The summed E-state index contributed by atoms with van der Waals surface area (Å²) >= 11 is 1.58. The molecule has 0 spiro atoms. The van der Waals surface area contributed by atoms with Gasteiger partial charge in [0.25, 0.3) is 5.56 Å². The highest BCUT2D eigenvalue weighted by molar-refractivity contribution is 7.98. The molecule has 2 heterocycles. The van der Waals surface area contributed by atoms with Gasteiger partial charge in [-0.2, -0.15) is 0 Å². The number of aromatic nitrogens is 3. The van der Waals surface area contributed by atoms with Gasteiger partial charge in [-0.25, -0.2) is 4.98 Å². The van der Waals surface area contributed by atoms with E-state index in [0.29, 0.717) is 5.52 Å². The lowest BCUT2D eigenvalue weighted by molar-refractivity contribution is 0.725. The number of H-pyrrole nitrogens is 1. The summed E-state index contributed by atoms with van der Waals surface area (Å²) < 4.78 is 1.62. The number of nitrogens with zero attached hydrogens (tertiary/aromatic N) is 2. The summed E-state index contributed by atoms with van der Waals surface area (Å²) in [6.45, 7) is 2.08. The quantitative estimate of drug-likeness (QED) is 0.429. The third-order valence-electron chi connectivity index (χ3n) is 4.40. The summed E-state index contributed by atoms with van der Waals surface area (Å²) in [7, 11) is 1.77. The van der Waals surface area contributed by atoms with Crippen molar-refractivity contribution in [2.75, 3.05) is 0 Å². The molecular formula is C21H19N3OS.